The molecule has 0 aromatic carbocycles. The highest BCUT2D eigenvalue weighted by atomic mass is 16.5. The van der Waals surface area contributed by atoms with Gasteiger partial charge in [0.05, 0.1) is 38.3 Å². The number of nitrogens with one attached hydrogen (secondary N) is 1. The number of hydrogen-bond donors (Lipinski definition) is 2. The SMILES string of the molecule is COc1ccc(NCc2cnn(CCO)c2)cn1. The van der Waals surface area contributed by atoms with E-state index in [0.29, 0.717) is 19.0 Å². The Morgan fingerprint density at radius 2 is 2.28 bits per heavy atom. The minimum atomic E-state index is 0.0942. The lowest BCUT2D eigenvalue weighted by Gasteiger charge is -2.04. The van der Waals surface area contributed by atoms with Crippen molar-refractivity contribution in [2.75, 3.05) is 19.0 Å². The van der Waals surface area contributed by atoms with E-state index in [4.69, 9.17) is 9.84 Å². The minimum absolute atomic E-state index is 0.0942. The highest BCUT2D eigenvalue weighted by Crippen LogP contribution is 2.12. The fourth-order valence-corrected chi connectivity index (χ4v) is 1.53. The maximum Gasteiger partial charge on any atom is 0.213 e. The van der Waals surface area contributed by atoms with E-state index in [9.17, 15) is 0 Å². The zero-order valence-electron chi connectivity index (χ0n) is 10.2. The van der Waals surface area contributed by atoms with E-state index in [1.165, 1.54) is 0 Å². The third-order valence-corrected chi connectivity index (χ3v) is 2.46. The highest BCUT2D eigenvalue weighted by molar-refractivity contribution is 5.42. The van der Waals surface area contributed by atoms with Crippen molar-refractivity contribution in [1.82, 2.24) is 14.8 Å². The van der Waals surface area contributed by atoms with Crippen molar-refractivity contribution in [3.63, 3.8) is 0 Å². The first kappa shape index (κ1) is 12.4. The van der Waals surface area contributed by atoms with E-state index in [1.807, 2.05) is 12.3 Å². The first-order chi connectivity index (χ1) is 8.81. The van der Waals surface area contributed by atoms with Crippen LogP contribution < -0.4 is 10.1 Å². The van der Waals surface area contributed by atoms with Crippen LogP contribution in [0.3, 0.4) is 0 Å². The number of rotatable bonds is 6. The summed E-state index contributed by atoms with van der Waals surface area (Å²) in [5.41, 5.74) is 1.98. The summed E-state index contributed by atoms with van der Waals surface area (Å²) in [6.45, 7) is 1.28. The topological polar surface area (TPSA) is 72.2 Å². The molecule has 0 unspecified atom stereocenters. The van der Waals surface area contributed by atoms with Gasteiger partial charge in [0.1, 0.15) is 0 Å². The molecule has 0 fully saturated rings. The molecule has 2 aromatic rings. The fraction of sp³-hybridized carbons (Fsp3) is 0.333. The van der Waals surface area contributed by atoms with Gasteiger partial charge < -0.3 is 15.2 Å². The normalized spacial score (nSPS) is 10.3. The third-order valence-electron chi connectivity index (χ3n) is 2.46. The fourth-order valence-electron chi connectivity index (χ4n) is 1.53. The molecule has 2 aromatic heterocycles. The number of pyridine rings is 1. The lowest BCUT2D eigenvalue weighted by atomic mass is 10.3. The van der Waals surface area contributed by atoms with E-state index >= 15 is 0 Å². The van der Waals surface area contributed by atoms with Crippen LogP contribution in [-0.2, 0) is 13.1 Å². The van der Waals surface area contributed by atoms with Crippen LogP contribution in [0.1, 0.15) is 5.56 Å². The van der Waals surface area contributed by atoms with Gasteiger partial charge in [-0.25, -0.2) is 4.98 Å². The Bertz CT molecular complexity index is 481. The van der Waals surface area contributed by atoms with Gasteiger partial charge in [0.15, 0.2) is 0 Å². The molecule has 2 N–H and O–H groups in total. The summed E-state index contributed by atoms with van der Waals surface area (Å²) in [7, 11) is 1.59. The predicted molar refractivity (Wildman–Crippen MR) is 67.4 cm³/mol. The van der Waals surface area contributed by atoms with Crippen molar-refractivity contribution in [1.29, 1.82) is 0 Å². The van der Waals surface area contributed by atoms with Gasteiger partial charge in [-0.3, -0.25) is 4.68 Å². The number of aliphatic hydroxyl groups is 1. The van der Waals surface area contributed by atoms with E-state index < -0.39 is 0 Å². The Hall–Kier alpha value is -2.08. The maximum atomic E-state index is 8.79. The molecule has 0 amide bonds. The summed E-state index contributed by atoms with van der Waals surface area (Å²) in [6, 6.07) is 3.71. The van der Waals surface area contributed by atoms with Crippen LogP contribution in [0.5, 0.6) is 5.88 Å². The second-order valence-corrected chi connectivity index (χ2v) is 3.78. The first-order valence-electron chi connectivity index (χ1n) is 5.68. The van der Waals surface area contributed by atoms with Crippen LogP contribution in [0.15, 0.2) is 30.7 Å². The van der Waals surface area contributed by atoms with Gasteiger partial charge in [-0.15, -0.1) is 0 Å². The van der Waals surface area contributed by atoms with Crippen LogP contribution in [0.4, 0.5) is 5.69 Å². The van der Waals surface area contributed by atoms with Crippen LogP contribution in [0.2, 0.25) is 0 Å². The molecule has 0 aliphatic carbocycles. The molecule has 6 heteroatoms. The van der Waals surface area contributed by atoms with Crippen molar-refractivity contribution in [3.8, 4) is 5.88 Å². The van der Waals surface area contributed by atoms with Crippen LogP contribution in [0.25, 0.3) is 0 Å². The highest BCUT2D eigenvalue weighted by Gasteiger charge is 1.99. The Morgan fingerprint density at radius 1 is 1.39 bits per heavy atom. The number of nitrogens with zero attached hydrogens (tertiary/aromatic N) is 3. The summed E-state index contributed by atoms with van der Waals surface area (Å²) < 4.78 is 6.70. The molecule has 2 heterocycles. The molecule has 0 aliphatic rings. The molecule has 0 spiro atoms. The van der Waals surface area contributed by atoms with Crippen LogP contribution in [0, 0.1) is 0 Å². The zero-order chi connectivity index (χ0) is 12.8. The largest absolute Gasteiger partial charge is 0.481 e. The smallest absolute Gasteiger partial charge is 0.213 e. The Morgan fingerprint density at radius 3 is 2.94 bits per heavy atom. The molecule has 2 rings (SSSR count). The Balaban J connectivity index is 1.89. The summed E-state index contributed by atoms with van der Waals surface area (Å²) >= 11 is 0. The molecule has 96 valence electrons. The van der Waals surface area contributed by atoms with Crippen molar-refractivity contribution >= 4 is 5.69 Å². The number of aromatic nitrogens is 3. The number of aliphatic hydroxyl groups excluding tert-OH is 1. The molecule has 6 nitrogen and oxygen atoms in total. The van der Waals surface area contributed by atoms with Gasteiger partial charge in [0.2, 0.25) is 5.88 Å². The maximum absolute atomic E-state index is 8.79. The molecule has 0 atom stereocenters. The summed E-state index contributed by atoms with van der Waals surface area (Å²) in [6.07, 6.45) is 5.40. The monoisotopic (exact) mass is 248 g/mol. The minimum Gasteiger partial charge on any atom is -0.481 e. The number of ether oxygens (including phenoxy) is 1. The van der Waals surface area contributed by atoms with E-state index in [2.05, 4.69) is 15.4 Å². The molecule has 0 radical (unpaired) electrons. The lowest BCUT2D eigenvalue weighted by Crippen LogP contribution is -2.02. The number of hydrogen-bond acceptors (Lipinski definition) is 5. The molecule has 18 heavy (non-hydrogen) atoms. The van der Waals surface area contributed by atoms with Crippen molar-refractivity contribution < 1.29 is 9.84 Å². The zero-order valence-corrected chi connectivity index (χ0v) is 10.2. The average molecular weight is 248 g/mol. The van der Waals surface area contributed by atoms with Gasteiger partial charge in [0.25, 0.3) is 0 Å². The van der Waals surface area contributed by atoms with Gasteiger partial charge in [-0.1, -0.05) is 0 Å². The molecule has 0 saturated carbocycles. The molecule has 0 aliphatic heterocycles. The van der Waals surface area contributed by atoms with Crippen LogP contribution in [-0.4, -0.2) is 33.6 Å². The van der Waals surface area contributed by atoms with E-state index in [-0.39, 0.29) is 6.61 Å². The van der Waals surface area contributed by atoms with Crippen molar-refractivity contribution in [2.24, 2.45) is 0 Å². The molecule has 0 saturated heterocycles. The van der Waals surface area contributed by atoms with Gasteiger partial charge >= 0.3 is 0 Å². The van der Waals surface area contributed by atoms with Gasteiger partial charge in [-0.2, -0.15) is 5.10 Å². The van der Waals surface area contributed by atoms with Crippen molar-refractivity contribution in [3.05, 3.63) is 36.3 Å². The lowest BCUT2D eigenvalue weighted by molar-refractivity contribution is 0.269. The summed E-state index contributed by atoms with van der Waals surface area (Å²) in [4.78, 5) is 4.11. The van der Waals surface area contributed by atoms with E-state index in [0.717, 1.165) is 11.3 Å². The number of anilines is 1. The quantitative estimate of drug-likeness (QED) is 0.794. The first-order valence-corrected chi connectivity index (χ1v) is 5.68. The molecule has 0 bridgehead atoms. The van der Waals surface area contributed by atoms with E-state index in [1.54, 1.807) is 30.3 Å². The standard InChI is InChI=1S/C12H16N4O2/c1-18-12-3-2-11(8-14-12)13-6-10-7-15-16(9-10)4-5-17/h2-3,7-9,13,17H,4-6H2,1H3. The van der Waals surface area contributed by atoms with Gasteiger partial charge in [0, 0.05) is 24.4 Å². The number of methoxy groups -OCH3 is 1. The van der Waals surface area contributed by atoms with Crippen LogP contribution >= 0.6 is 0 Å². The van der Waals surface area contributed by atoms with Crippen molar-refractivity contribution in [2.45, 2.75) is 13.1 Å². The average Bonchev–Trinajstić information content (AvgIpc) is 2.85. The summed E-state index contributed by atoms with van der Waals surface area (Å²) in [5.74, 6) is 0.594. The Kier molecular flexibility index (Phi) is 4.14. The third kappa shape index (κ3) is 3.21. The van der Waals surface area contributed by atoms with Gasteiger partial charge in [-0.05, 0) is 6.07 Å². The molecular weight excluding hydrogens is 232 g/mol. The second kappa shape index (κ2) is 6.02. The molecular formula is C12H16N4O2. The summed E-state index contributed by atoms with van der Waals surface area (Å²) in [5, 5.41) is 16.2. The predicted octanol–water partition coefficient (Wildman–Crippen LogP) is 0.891. The Labute approximate surface area is 105 Å². The second-order valence-electron chi connectivity index (χ2n) is 3.78.